The van der Waals surface area contributed by atoms with Crippen LogP contribution >= 0.6 is 15.9 Å². The van der Waals surface area contributed by atoms with Gasteiger partial charge in [0, 0.05) is 16.2 Å². The van der Waals surface area contributed by atoms with Crippen LogP contribution in [0.1, 0.15) is 32.3 Å². The second-order valence-corrected chi connectivity index (χ2v) is 5.91. The lowest BCUT2D eigenvalue weighted by molar-refractivity contribution is -0.0337. The van der Waals surface area contributed by atoms with Crippen molar-refractivity contribution in [1.29, 1.82) is 0 Å². The molecule has 0 saturated carbocycles. The Balaban J connectivity index is 2.04. The maximum atomic E-state index is 5.75. The predicted molar refractivity (Wildman–Crippen MR) is 75.5 cm³/mol. The Bertz CT molecular complexity index is 384. The molecule has 2 nitrogen and oxygen atoms in total. The summed E-state index contributed by atoms with van der Waals surface area (Å²) in [5.74, 6) is 0. The third-order valence-corrected chi connectivity index (χ3v) is 3.84. The molecule has 1 N–H and O–H groups in total. The van der Waals surface area contributed by atoms with Gasteiger partial charge in [-0.1, -0.05) is 6.07 Å². The van der Waals surface area contributed by atoms with E-state index in [2.05, 4.69) is 60.2 Å². The molecule has 0 amide bonds. The van der Waals surface area contributed by atoms with Crippen molar-refractivity contribution in [2.75, 3.05) is 5.32 Å². The summed E-state index contributed by atoms with van der Waals surface area (Å²) < 4.78 is 6.89. The Morgan fingerprint density at radius 2 is 1.88 bits per heavy atom. The quantitative estimate of drug-likeness (QED) is 0.886. The van der Waals surface area contributed by atoms with E-state index in [4.69, 9.17) is 4.74 Å². The molecule has 0 bridgehead atoms. The van der Waals surface area contributed by atoms with Crippen molar-refractivity contribution in [2.24, 2.45) is 0 Å². The first kappa shape index (κ1) is 12.9. The van der Waals surface area contributed by atoms with Crippen LogP contribution in [-0.4, -0.2) is 18.2 Å². The summed E-state index contributed by atoms with van der Waals surface area (Å²) in [5.41, 5.74) is 2.46. The highest BCUT2D eigenvalue weighted by atomic mass is 79.9. The lowest BCUT2D eigenvalue weighted by Crippen LogP contribution is -2.36. The molecule has 0 aromatic heterocycles. The third-order valence-electron chi connectivity index (χ3n) is 3.18. The summed E-state index contributed by atoms with van der Waals surface area (Å²) in [7, 11) is 0. The van der Waals surface area contributed by atoms with Gasteiger partial charge in [0.2, 0.25) is 0 Å². The topological polar surface area (TPSA) is 21.3 Å². The molecule has 1 heterocycles. The number of aryl methyl sites for hydroxylation is 1. The fourth-order valence-electron chi connectivity index (χ4n) is 2.48. The van der Waals surface area contributed by atoms with Crippen LogP contribution < -0.4 is 5.32 Å². The fraction of sp³-hybridized carbons (Fsp3) is 0.571. The van der Waals surface area contributed by atoms with Gasteiger partial charge < -0.3 is 10.1 Å². The first-order chi connectivity index (χ1) is 8.04. The van der Waals surface area contributed by atoms with Crippen molar-refractivity contribution >= 4 is 21.6 Å². The number of rotatable bonds is 2. The van der Waals surface area contributed by atoms with Gasteiger partial charge in [0.15, 0.2) is 0 Å². The Morgan fingerprint density at radius 1 is 1.24 bits per heavy atom. The minimum Gasteiger partial charge on any atom is -0.381 e. The summed E-state index contributed by atoms with van der Waals surface area (Å²) in [5, 5.41) is 3.61. The van der Waals surface area contributed by atoms with Gasteiger partial charge >= 0.3 is 0 Å². The molecule has 0 aliphatic carbocycles. The van der Waals surface area contributed by atoms with Crippen molar-refractivity contribution in [3.63, 3.8) is 0 Å². The van der Waals surface area contributed by atoms with Gasteiger partial charge in [-0.3, -0.25) is 0 Å². The standard InChI is InChI=1S/C14H20BrNO/c1-9-4-5-14(13(15)6-9)16-12-7-10(2)17-11(3)8-12/h4-6,10-12,16H,7-8H2,1-3H3. The SMILES string of the molecule is Cc1ccc(NC2CC(C)OC(C)C2)c(Br)c1. The summed E-state index contributed by atoms with van der Waals surface area (Å²) in [6, 6.07) is 6.94. The number of benzene rings is 1. The molecule has 1 aliphatic heterocycles. The van der Waals surface area contributed by atoms with Crippen LogP contribution in [0.4, 0.5) is 5.69 Å². The molecule has 1 saturated heterocycles. The molecule has 94 valence electrons. The molecular formula is C14H20BrNO. The van der Waals surface area contributed by atoms with E-state index in [0.29, 0.717) is 18.2 Å². The molecular weight excluding hydrogens is 278 g/mol. The van der Waals surface area contributed by atoms with E-state index in [0.717, 1.165) is 17.3 Å². The fourth-order valence-corrected chi connectivity index (χ4v) is 3.09. The van der Waals surface area contributed by atoms with Crippen molar-refractivity contribution in [3.05, 3.63) is 28.2 Å². The van der Waals surface area contributed by atoms with E-state index >= 15 is 0 Å². The van der Waals surface area contributed by atoms with Gasteiger partial charge in [-0.25, -0.2) is 0 Å². The molecule has 2 unspecified atom stereocenters. The Labute approximate surface area is 112 Å². The van der Waals surface area contributed by atoms with Gasteiger partial charge in [0.05, 0.1) is 12.2 Å². The van der Waals surface area contributed by atoms with Crippen LogP contribution in [-0.2, 0) is 4.74 Å². The van der Waals surface area contributed by atoms with Crippen molar-refractivity contribution in [2.45, 2.75) is 51.9 Å². The first-order valence-electron chi connectivity index (χ1n) is 6.22. The normalized spacial score (nSPS) is 29.1. The highest BCUT2D eigenvalue weighted by molar-refractivity contribution is 9.10. The second kappa shape index (κ2) is 5.40. The van der Waals surface area contributed by atoms with Crippen molar-refractivity contribution < 1.29 is 4.74 Å². The van der Waals surface area contributed by atoms with Gasteiger partial charge in [0.25, 0.3) is 0 Å². The summed E-state index contributed by atoms with van der Waals surface area (Å²) in [4.78, 5) is 0. The molecule has 0 spiro atoms. The Kier molecular flexibility index (Phi) is 4.10. The molecule has 17 heavy (non-hydrogen) atoms. The molecule has 0 radical (unpaired) electrons. The van der Waals surface area contributed by atoms with E-state index in [9.17, 15) is 0 Å². The van der Waals surface area contributed by atoms with Crippen molar-refractivity contribution in [1.82, 2.24) is 0 Å². The first-order valence-corrected chi connectivity index (χ1v) is 7.02. The number of hydrogen-bond acceptors (Lipinski definition) is 2. The monoisotopic (exact) mass is 297 g/mol. The number of ether oxygens (including phenoxy) is 1. The number of nitrogens with one attached hydrogen (secondary N) is 1. The molecule has 2 rings (SSSR count). The number of halogens is 1. The minimum atomic E-state index is 0.348. The molecule has 1 aromatic rings. The summed E-state index contributed by atoms with van der Waals surface area (Å²) >= 11 is 3.61. The van der Waals surface area contributed by atoms with E-state index in [1.165, 1.54) is 11.3 Å². The molecule has 1 aromatic carbocycles. The Morgan fingerprint density at radius 3 is 2.47 bits per heavy atom. The predicted octanol–water partition coefficient (Wildman–Crippen LogP) is 4.13. The average molecular weight is 298 g/mol. The minimum absolute atomic E-state index is 0.348. The van der Waals surface area contributed by atoms with Gasteiger partial charge in [-0.15, -0.1) is 0 Å². The summed E-state index contributed by atoms with van der Waals surface area (Å²) in [6.45, 7) is 6.40. The lowest BCUT2D eigenvalue weighted by Gasteiger charge is -2.33. The molecule has 1 aliphatic rings. The van der Waals surface area contributed by atoms with Gasteiger partial charge in [-0.05, 0) is 67.2 Å². The molecule has 1 fully saturated rings. The van der Waals surface area contributed by atoms with Crippen LogP contribution in [0, 0.1) is 6.92 Å². The van der Waals surface area contributed by atoms with Gasteiger partial charge in [-0.2, -0.15) is 0 Å². The average Bonchev–Trinajstić information content (AvgIpc) is 2.21. The van der Waals surface area contributed by atoms with Crippen LogP contribution in [0.5, 0.6) is 0 Å². The zero-order chi connectivity index (χ0) is 12.4. The highest BCUT2D eigenvalue weighted by Gasteiger charge is 2.24. The van der Waals surface area contributed by atoms with E-state index in [1.807, 2.05) is 0 Å². The molecule has 3 heteroatoms. The van der Waals surface area contributed by atoms with Crippen molar-refractivity contribution in [3.8, 4) is 0 Å². The third kappa shape index (κ3) is 3.46. The van der Waals surface area contributed by atoms with E-state index in [-0.39, 0.29) is 0 Å². The second-order valence-electron chi connectivity index (χ2n) is 5.05. The lowest BCUT2D eigenvalue weighted by atomic mass is 9.99. The highest BCUT2D eigenvalue weighted by Crippen LogP contribution is 2.28. The van der Waals surface area contributed by atoms with E-state index in [1.54, 1.807) is 0 Å². The van der Waals surface area contributed by atoms with Crippen LogP contribution in [0.2, 0.25) is 0 Å². The number of hydrogen-bond donors (Lipinski definition) is 1. The maximum Gasteiger partial charge on any atom is 0.0570 e. The smallest absolute Gasteiger partial charge is 0.0570 e. The Hall–Kier alpha value is -0.540. The van der Waals surface area contributed by atoms with Crippen LogP contribution in [0.15, 0.2) is 22.7 Å². The number of anilines is 1. The van der Waals surface area contributed by atoms with Crippen LogP contribution in [0.25, 0.3) is 0 Å². The maximum absolute atomic E-state index is 5.75. The molecule has 2 atom stereocenters. The zero-order valence-corrected chi connectivity index (χ0v) is 12.3. The van der Waals surface area contributed by atoms with Crippen LogP contribution in [0.3, 0.4) is 0 Å². The van der Waals surface area contributed by atoms with E-state index < -0.39 is 0 Å². The van der Waals surface area contributed by atoms with Gasteiger partial charge in [0.1, 0.15) is 0 Å². The summed E-state index contributed by atoms with van der Waals surface area (Å²) in [6.07, 6.45) is 2.84. The zero-order valence-electron chi connectivity index (χ0n) is 10.7. The largest absolute Gasteiger partial charge is 0.381 e.